The van der Waals surface area contributed by atoms with Gasteiger partial charge in [-0.05, 0) is 13.3 Å². The Morgan fingerprint density at radius 3 is 2.94 bits per heavy atom. The molecule has 1 saturated heterocycles. The van der Waals surface area contributed by atoms with Crippen molar-refractivity contribution in [3.05, 3.63) is 23.8 Å². The quantitative estimate of drug-likeness (QED) is 0.784. The summed E-state index contributed by atoms with van der Waals surface area (Å²) < 4.78 is 0. The summed E-state index contributed by atoms with van der Waals surface area (Å²) in [7, 11) is 0. The van der Waals surface area contributed by atoms with Gasteiger partial charge in [0.05, 0.1) is 30.0 Å². The minimum Gasteiger partial charge on any atom is -0.355 e. The van der Waals surface area contributed by atoms with E-state index in [9.17, 15) is 9.59 Å². The number of hydrogen-bond donors (Lipinski definition) is 2. The van der Waals surface area contributed by atoms with Crippen LogP contribution in [0.1, 0.15) is 24.2 Å². The predicted molar refractivity (Wildman–Crippen MR) is 64.3 cm³/mol. The lowest BCUT2D eigenvalue weighted by Crippen LogP contribution is -2.42. The molecule has 2 rings (SSSR count). The van der Waals surface area contributed by atoms with Crippen LogP contribution in [-0.4, -0.2) is 28.3 Å². The lowest BCUT2D eigenvalue weighted by atomic mass is 9.98. The van der Waals surface area contributed by atoms with Crippen LogP contribution in [0.5, 0.6) is 0 Å². The van der Waals surface area contributed by atoms with Crippen LogP contribution in [0.25, 0.3) is 0 Å². The second-order valence-corrected chi connectivity index (χ2v) is 4.41. The summed E-state index contributed by atoms with van der Waals surface area (Å²) in [5.41, 5.74) is 1.58. The molecule has 2 N–H and O–H groups in total. The Kier molecular flexibility index (Phi) is 3.86. The number of rotatable bonds is 3. The van der Waals surface area contributed by atoms with E-state index in [1.807, 2.05) is 6.92 Å². The Hall–Kier alpha value is -1.98. The summed E-state index contributed by atoms with van der Waals surface area (Å²) >= 11 is 0. The Balaban J connectivity index is 1.81. The molecule has 2 heterocycles. The van der Waals surface area contributed by atoms with Gasteiger partial charge in [-0.3, -0.25) is 19.6 Å². The molecule has 1 aliphatic rings. The third-order valence-corrected chi connectivity index (χ3v) is 2.91. The molecule has 1 fully saturated rings. The highest BCUT2D eigenvalue weighted by atomic mass is 16.2. The lowest BCUT2D eigenvalue weighted by Gasteiger charge is -2.21. The summed E-state index contributed by atoms with van der Waals surface area (Å²) in [6, 6.07) is 0. The summed E-state index contributed by atoms with van der Waals surface area (Å²) in [4.78, 5) is 31.1. The van der Waals surface area contributed by atoms with Gasteiger partial charge in [-0.25, -0.2) is 0 Å². The van der Waals surface area contributed by atoms with Crippen molar-refractivity contribution in [1.82, 2.24) is 20.6 Å². The molecule has 6 heteroatoms. The first-order valence-corrected chi connectivity index (χ1v) is 5.97. The van der Waals surface area contributed by atoms with E-state index in [-0.39, 0.29) is 17.7 Å². The average Bonchev–Trinajstić information content (AvgIpc) is 2.38. The first-order chi connectivity index (χ1) is 8.65. The highest BCUT2D eigenvalue weighted by Gasteiger charge is 2.24. The molecular formula is C12H16N4O2. The van der Waals surface area contributed by atoms with Gasteiger partial charge in [-0.15, -0.1) is 0 Å². The van der Waals surface area contributed by atoms with Crippen molar-refractivity contribution >= 4 is 11.8 Å². The van der Waals surface area contributed by atoms with Crippen molar-refractivity contribution in [2.45, 2.75) is 26.3 Å². The first-order valence-electron chi connectivity index (χ1n) is 5.97. The fraction of sp³-hybridized carbons (Fsp3) is 0.500. The topological polar surface area (TPSA) is 84.0 Å². The van der Waals surface area contributed by atoms with Crippen LogP contribution in [-0.2, 0) is 16.1 Å². The van der Waals surface area contributed by atoms with Gasteiger partial charge in [0.15, 0.2) is 0 Å². The van der Waals surface area contributed by atoms with Gasteiger partial charge < -0.3 is 10.6 Å². The van der Waals surface area contributed by atoms with Gasteiger partial charge in [0.25, 0.3) is 0 Å². The molecule has 1 aromatic rings. The molecular weight excluding hydrogens is 232 g/mol. The molecule has 2 amide bonds. The zero-order valence-electron chi connectivity index (χ0n) is 10.3. The Morgan fingerprint density at radius 2 is 2.33 bits per heavy atom. The van der Waals surface area contributed by atoms with Crippen molar-refractivity contribution in [3.8, 4) is 0 Å². The monoisotopic (exact) mass is 248 g/mol. The van der Waals surface area contributed by atoms with Crippen LogP contribution in [0, 0.1) is 12.8 Å². The Labute approximate surface area is 105 Å². The van der Waals surface area contributed by atoms with Crippen LogP contribution in [0.2, 0.25) is 0 Å². The highest BCUT2D eigenvalue weighted by Crippen LogP contribution is 2.10. The van der Waals surface area contributed by atoms with Gasteiger partial charge in [-0.1, -0.05) is 0 Å². The number of nitrogens with zero attached hydrogens (tertiary/aromatic N) is 2. The molecule has 1 unspecified atom stereocenters. The largest absolute Gasteiger partial charge is 0.355 e. The number of hydrogen-bond acceptors (Lipinski definition) is 4. The van der Waals surface area contributed by atoms with Crippen molar-refractivity contribution in [3.63, 3.8) is 0 Å². The average molecular weight is 248 g/mol. The van der Waals surface area contributed by atoms with Gasteiger partial charge in [-0.2, -0.15) is 0 Å². The Morgan fingerprint density at radius 1 is 1.50 bits per heavy atom. The van der Waals surface area contributed by atoms with Crippen LogP contribution in [0.4, 0.5) is 0 Å². The van der Waals surface area contributed by atoms with Crippen molar-refractivity contribution in [2.75, 3.05) is 6.54 Å². The minimum atomic E-state index is -0.138. The maximum atomic E-state index is 11.8. The van der Waals surface area contributed by atoms with Crippen LogP contribution in [0.3, 0.4) is 0 Å². The van der Waals surface area contributed by atoms with Gasteiger partial charge in [0, 0.05) is 19.2 Å². The van der Waals surface area contributed by atoms with E-state index in [1.165, 1.54) is 0 Å². The van der Waals surface area contributed by atoms with E-state index in [4.69, 9.17) is 0 Å². The number of piperidine rings is 1. The van der Waals surface area contributed by atoms with E-state index in [2.05, 4.69) is 20.6 Å². The third-order valence-electron chi connectivity index (χ3n) is 2.91. The zero-order valence-corrected chi connectivity index (χ0v) is 10.3. The number of carbonyl (C=O) groups excluding carboxylic acids is 2. The minimum absolute atomic E-state index is 0.0171. The van der Waals surface area contributed by atoms with Crippen LogP contribution < -0.4 is 10.6 Å². The van der Waals surface area contributed by atoms with E-state index in [0.717, 1.165) is 11.4 Å². The normalized spacial score (nSPS) is 19.2. The maximum Gasteiger partial charge on any atom is 0.225 e. The third kappa shape index (κ3) is 3.26. The molecule has 0 saturated carbocycles. The second kappa shape index (κ2) is 5.57. The molecule has 0 aliphatic carbocycles. The van der Waals surface area contributed by atoms with Crippen molar-refractivity contribution in [1.29, 1.82) is 0 Å². The first kappa shape index (κ1) is 12.5. The van der Waals surface area contributed by atoms with Gasteiger partial charge in [0.2, 0.25) is 11.8 Å². The molecule has 1 aromatic heterocycles. The molecule has 18 heavy (non-hydrogen) atoms. The maximum absolute atomic E-state index is 11.8. The summed E-state index contributed by atoms with van der Waals surface area (Å²) in [6.07, 6.45) is 4.35. The molecule has 1 atom stereocenters. The molecule has 0 radical (unpaired) electrons. The standard InChI is InChI=1S/C12H16N4O2/c1-8-4-14-10(6-13-8)7-16-12(18)9-2-3-11(17)15-5-9/h4,6,9H,2-3,5,7H2,1H3,(H,15,17)(H,16,18). The molecule has 6 nitrogen and oxygen atoms in total. The summed E-state index contributed by atoms with van der Waals surface area (Å²) in [5, 5.41) is 5.50. The number of carbonyl (C=O) groups is 2. The van der Waals surface area contributed by atoms with E-state index in [0.29, 0.717) is 25.9 Å². The number of amides is 2. The summed E-state index contributed by atoms with van der Waals surface area (Å²) in [5.74, 6) is -0.165. The SMILES string of the molecule is Cc1cnc(CNC(=O)C2CCC(=O)NC2)cn1. The van der Waals surface area contributed by atoms with E-state index in [1.54, 1.807) is 12.4 Å². The Bertz CT molecular complexity index is 434. The van der Waals surface area contributed by atoms with Crippen molar-refractivity contribution < 1.29 is 9.59 Å². The number of nitrogens with one attached hydrogen (secondary N) is 2. The van der Waals surface area contributed by atoms with E-state index >= 15 is 0 Å². The lowest BCUT2D eigenvalue weighted by molar-refractivity contribution is -0.129. The fourth-order valence-electron chi connectivity index (χ4n) is 1.79. The van der Waals surface area contributed by atoms with Crippen molar-refractivity contribution in [2.24, 2.45) is 5.92 Å². The number of aryl methyl sites for hydroxylation is 1. The highest BCUT2D eigenvalue weighted by molar-refractivity contribution is 5.83. The summed E-state index contributed by atoms with van der Waals surface area (Å²) in [6.45, 7) is 2.65. The van der Waals surface area contributed by atoms with Gasteiger partial charge in [0.1, 0.15) is 0 Å². The number of aromatic nitrogens is 2. The smallest absolute Gasteiger partial charge is 0.225 e. The fourth-order valence-corrected chi connectivity index (χ4v) is 1.79. The van der Waals surface area contributed by atoms with Crippen LogP contribution in [0.15, 0.2) is 12.4 Å². The molecule has 0 bridgehead atoms. The molecule has 0 aromatic carbocycles. The second-order valence-electron chi connectivity index (χ2n) is 4.41. The van der Waals surface area contributed by atoms with E-state index < -0.39 is 0 Å². The zero-order chi connectivity index (χ0) is 13.0. The van der Waals surface area contributed by atoms with Crippen LogP contribution >= 0.6 is 0 Å². The molecule has 0 spiro atoms. The van der Waals surface area contributed by atoms with Gasteiger partial charge >= 0.3 is 0 Å². The predicted octanol–water partition coefficient (Wildman–Crippen LogP) is -0.0726. The molecule has 1 aliphatic heterocycles. The molecule has 96 valence electrons.